The monoisotopic (exact) mass is 288 g/mol. The molecular formula is C18H12N2O2. The highest BCUT2D eigenvalue weighted by atomic mass is 16.2. The van der Waals surface area contributed by atoms with Gasteiger partial charge >= 0.3 is 0 Å². The van der Waals surface area contributed by atoms with Crippen molar-refractivity contribution in [2.24, 2.45) is 7.05 Å². The van der Waals surface area contributed by atoms with Crippen molar-refractivity contribution in [1.29, 1.82) is 0 Å². The number of rotatable bonds is 1. The van der Waals surface area contributed by atoms with Crippen molar-refractivity contribution in [3.63, 3.8) is 0 Å². The van der Waals surface area contributed by atoms with Crippen LogP contribution in [0.4, 0.5) is 0 Å². The highest BCUT2D eigenvalue weighted by Crippen LogP contribution is 2.39. The van der Waals surface area contributed by atoms with Crippen molar-refractivity contribution in [3.05, 3.63) is 76.1 Å². The van der Waals surface area contributed by atoms with Gasteiger partial charge in [0.2, 0.25) is 0 Å². The standard InChI is InChI=1S/C18H12N2O2/c1-20-18(22)15-14(12-9-5-6-10-13(12)17(15)21)16(19-20)11-7-3-2-4-8-11/h2-10H,1H3. The highest BCUT2D eigenvalue weighted by molar-refractivity contribution is 6.23. The molecule has 0 spiro atoms. The number of aromatic nitrogens is 2. The van der Waals surface area contributed by atoms with E-state index in [0.29, 0.717) is 16.8 Å². The molecule has 22 heavy (non-hydrogen) atoms. The van der Waals surface area contributed by atoms with E-state index >= 15 is 0 Å². The fourth-order valence-corrected chi connectivity index (χ4v) is 2.94. The Morgan fingerprint density at radius 2 is 1.45 bits per heavy atom. The number of carbonyl (C=O) groups excluding carboxylic acids is 1. The van der Waals surface area contributed by atoms with Crippen LogP contribution in [-0.4, -0.2) is 15.6 Å². The normalized spacial score (nSPS) is 12.1. The summed E-state index contributed by atoms with van der Waals surface area (Å²) in [6.07, 6.45) is 0. The minimum absolute atomic E-state index is 0.217. The Hall–Kier alpha value is -3.01. The second-order valence-corrected chi connectivity index (χ2v) is 5.27. The van der Waals surface area contributed by atoms with E-state index in [2.05, 4.69) is 5.10 Å². The van der Waals surface area contributed by atoms with Gasteiger partial charge in [-0.1, -0.05) is 54.6 Å². The summed E-state index contributed by atoms with van der Waals surface area (Å²) in [5.74, 6) is -0.217. The molecule has 3 aromatic rings. The topological polar surface area (TPSA) is 52.0 Å². The number of aryl methyl sites for hydroxylation is 1. The lowest BCUT2D eigenvalue weighted by Crippen LogP contribution is -2.26. The maximum absolute atomic E-state index is 12.6. The lowest BCUT2D eigenvalue weighted by Gasteiger charge is -2.09. The minimum Gasteiger partial charge on any atom is -0.288 e. The molecule has 0 amide bonds. The van der Waals surface area contributed by atoms with Crippen LogP contribution in [0.3, 0.4) is 0 Å². The zero-order valence-electron chi connectivity index (χ0n) is 11.9. The van der Waals surface area contributed by atoms with Gasteiger partial charge in [0.1, 0.15) is 0 Å². The third kappa shape index (κ3) is 1.61. The van der Waals surface area contributed by atoms with Crippen LogP contribution in [-0.2, 0) is 7.05 Å². The van der Waals surface area contributed by atoms with Crippen molar-refractivity contribution in [1.82, 2.24) is 9.78 Å². The maximum Gasteiger partial charge on any atom is 0.278 e. The summed E-state index contributed by atoms with van der Waals surface area (Å²) in [6, 6.07) is 16.9. The molecule has 0 unspecified atom stereocenters. The molecule has 0 saturated heterocycles. The van der Waals surface area contributed by atoms with Crippen LogP contribution in [0, 0.1) is 0 Å². The van der Waals surface area contributed by atoms with Crippen LogP contribution in [0.25, 0.3) is 22.4 Å². The Bertz CT molecular complexity index is 972. The SMILES string of the molecule is Cn1nc(-c2ccccc2)c2c(c1=O)C(=O)c1ccccc1-2. The number of carbonyl (C=O) groups is 1. The second kappa shape index (κ2) is 4.49. The number of ketones is 1. The lowest BCUT2D eigenvalue weighted by molar-refractivity contribution is 0.104. The van der Waals surface area contributed by atoms with Crippen LogP contribution in [0.2, 0.25) is 0 Å². The van der Waals surface area contributed by atoms with Gasteiger partial charge < -0.3 is 0 Å². The zero-order valence-corrected chi connectivity index (χ0v) is 11.9. The average Bonchev–Trinajstić information content (AvgIpc) is 2.86. The van der Waals surface area contributed by atoms with Gasteiger partial charge in [0, 0.05) is 23.7 Å². The maximum atomic E-state index is 12.6. The molecule has 0 radical (unpaired) electrons. The minimum atomic E-state index is -0.351. The van der Waals surface area contributed by atoms with Crippen LogP contribution >= 0.6 is 0 Å². The smallest absolute Gasteiger partial charge is 0.278 e. The van der Waals surface area contributed by atoms with Crippen molar-refractivity contribution in [2.75, 3.05) is 0 Å². The lowest BCUT2D eigenvalue weighted by atomic mass is 10.0. The fourth-order valence-electron chi connectivity index (χ4n) is 2.94. The summed E-state index contributed by atoms with van der Waals surface area (Å²) in [6.45, 7) is 0. The van der Waals surface area contributed by atoms with Gasteiger partial charge in [-0.3, -0.25) is 9.59 Å². The largest absolute Gasteiger partial charge is 0.288 e. The highest BCUT2D eigenvalue weighted by Gasteiger charge is 2.33. The molecule has 4 rings (SSSR count). The van der Waals surface area contributed by atoms with E-state index < -0.39 is 0 Å². The van der Waals surface area contributed by atoms with E-state index in [1.807, 2.05) is 48.5 Å². The first kappa shape index (κ1) is 12.7. The number of benzene rings is 2. The second-order valence-electron chi connectivity index (χ2n) is 5.27. The van der Waals surface area contributed by atoms with Gasteiger partial charge in [-0.15, -0.1) is 0 Å². The first-order valence-corrected chi connectivity index (χ1v) is 6.99. The van der Waals surface area contributed by atoms with Crippen LogP contribution in [0.15, 0.2) is 59.4 Å². The van der Waals surface area contributed by atoms with Gasteiger partial charge in [-0.25, -0.2) is 4.68 Å². The molecule has 2 aromatic carbocycles. The first-order chi connectivity index (χ1) is 10.7. The van der Waals surface area contributed by atoms with Crippen molar-refractivity contribution in [3.8, 4) is 22.4 Å². The van der Waals surface area contributed by atoms with Crippen LogP contribution < -0.4 is 5.56 Å². The third-order valence-electron chi connectivity index (χ3n) is 3.96. The number of hydrogen-bond acceptors (Lipinski definition) is 3. The van der Waals surface area contributed by atoms with Gasteiger partial charge in [0.05, 0.1) is 11.3 Å². The molecule has 1 aromatic heterocycles. The summed E-state index contributed by atoms with van der Waals surface area (Å²) in [4.78, 5) is 25.0. The Morgan fingerprint density at radius 3 is 2.18 bits per heavy atom. The van der Waals surface area contributed by atoms with Gasteiger partial charge in [0.25, 0.3) is 5.56 Å². The molecule has 1 heterocycles. The number of fused-ring (bicyclic) bond motifs is 3. The Kier molecular flexibility index (Phi) is 2.60. The average molecular weight is 288 g/mol. The molecular weight excluding hydrogens is 276 g/mol. The van der Waals surface area contributed by atoms with Crippen molar-refractivity contribution in [2.45, 2.75) is 0 Å². The summed E-state index contributed by atoms with van der Waals surface area (Å²) in [7, 11) is 1.57. The first-order valence-electron chi connectivity index (χ1n) is 6.99. The van der Waals surface area contributed by atoms with E-state index in [1.54, 1.807) is 13.1 Å². The predicted molar refractivity (Wildman–Crippen MR) is 83.8 cm³/mol. The van der Waals surface area contributed by atoms with Crippen molar-refractivity contribution < 1.29 is 4.79 Å². The molecule has 0 aliphatic heterocycles. The molecule has 1 aliphatic rings. The number of nitrogens with zero attached hydrogens (tertiary/aromatic N) is 2. The van der Waals surface area contributed by atoms with Gasteiger partial charge in [0.15, 0.2) is 5.78 Å². The number of hydrogen-bond donors (Lipinski definition) is 0. The summed E-state index contributed by atoms with van der Waals surface area (Å²) in [5, 5.41) is 4.40. The summed E-state index contributed by atoms with van der Waals surface area (Å²) >= 11 is 0. The molecule has 4 nitrogen and oxygen atoms in total. The van der Waals surface area contributed by atoms with E-state index in [0.717, 1.165) is 11.1 Å². The van der Waals surface area contributed by atoms with Gasteiger partial charge in [-0.2, -0.15) is 5.10 Å². The van der Waals surface area contributed by atoms with E-state index in [4.69, 9.17) is 0 Å². The molecule has 0 bridgehead atoms. The fraction of sp³-hybridized carbons (Fsp3) is 0.0556. The summed E-state index contributed by atoms with van der Waals surface area (Å²) < 4.78 is 1.24. The van der Waals surface area contributed by atoms with E-state index in [-0.39, 0.29) is 16.9 Å². The van der Waals surface area contributed by atoms with E-state index in [9.17, 15) is 9.59 Å². The molecule has 0 atom stereocenters. The quantitative estimate of drug-likeness (QED) is 0.541. The Morgan fingerprint density at radius 1 is 0.818 bits per heavy atom. The Labute approximate surface area is 126 Å². The predicted octanol–water partition coefficient (Wildman–Crippen LogP) is 2.66. The zero-order chi connectivity index (χ0) is 15.3. The van der Waals surface area contributed by atoms with Gasteiger partial charge in [-0.05, 0) is 5.56 Å². The summed E-state index contributed by atoms with van der Waals surface area (Å²) in [5.41, 5.74) is 3.42. The molecule has 0 saturated carbocycles. The molecule has 0 N–H and O–H groups in total. The van der Waals surface area contributed by atoms with E-state index in [1.165, 1.54) is 4.68 Å². The van der Waals surface area contributed by atoms with Crippen LogP contribution in [0.1, 0.15) is 15.9 Å². The van der Waals surface area contributed by atoms with Crippen molar-refractivity contribution >= 4 is 5.78 Å². The third-order valence-corrected chi connectivity index (χ3v) is 3.96. The molecule has 0 fully saturated rings. The molecule has 106 valence electrons. The molecule has 1 aliphatic carbocycles. The molecule has 4 heteroatoms. The Balaban J connectivity index is 2.16. The van der Waals surface area contributed by atoms with Crippen LogP contribution in [0.5, 0.6) is 0 Å².